The van der Waals surface area contributed by atoms with Gasteiger partial charge in [0.25, 0.3) is 0 Å². The van der Waals surface area contributed by atoms with Crippen molar-refractivity contribution < 1.29 is 0 Å². The van der Waals surface area contributed by atoms with E-state index in [1.54, 1.807) is 0 Å². The molecule has 1 nitrogen and oxygen atoms in total. The maximum atomic E-state index is 4.50. The van der Waals surface area contributed by atoms with Gasteiger partial charge < -0.3 is 5.73 Å². The molecule has 2 aliphatic carbocycles. The monoisotopic (exact) mass is 215 g/mol. The summed E-state index contributed by atoms with van der Waals surface area (Å²) in [7, 11) is 1.50. The van der Waals surface area contributed by atoms with Gasteiger partial charge in [0.1, 0.15) is 0 Å². The van der Waals surface area contributed by atoms with Gasteiger partial charge in [-0.25, -0.2) is 0 Å². The Balaban J connectivity index is 0.000000457. The summed E-state index contributed by atoms with van der Waals surface area (Å²) < 4.78 is 0. The van der Waals surface area contributed by atoms with Crippen molar-refractivity contribution >= 4 is 0 Å². The zero-order chi connectivity index (χ0) is 11.6. The highest BCUT2D eigenvalue weighted by molar-refractivity contribution is 5.39. The number of nitrogens with two attached hydrogens (primary N) is 1. The third-order valence-corrected chi connectivity index (χ3v) is 3.71. The Morgan fingerprint density at radius 3 is 2.12 bits per heavy atom. The van der Waals surface area contributed by atoms with Crippen molar-refractivity contribution in [3.63, 3.8) is 0 Å². The van der Waals surface area contributed by atoms with Crippen LogP contribution >= 0.6 is 0 Å². The molecule has 0 aliphatic heterocycles. The molecule has 16 heavy (non-hydrogen) atoms. The molecule has 86 valence electrons. The lowest BCUT2D eigenvalue weighted by Crippen LogP contribution is -2.00. The Labute approximate surface area is 98.4 Å². The molecule has 1 aromatic rings. The first-order chi connectivity index (χ1) is 7.84. The average molecular weight is 215 g/mol. The van der Waals surface area contributed by atoms with Crippen LogP contribution in [0.4, 0.5) is 0 Å². The third-order valence-electron chi connectivity index (χ3n) is 3.71. The molecule has 0 bridgehead atoms. The molecule has 0 radical (unpaired) electrons. The number of benzene rings is 1. The Morgan fingerprint density at radius 1 is 1.19 bits per heavy atom. The summed E-state index contributed by atoms with van der Waals surface area (Å²) in [5.41, 5.74) is 7.85. The van der Waals surface area contributed by atoms with E-state index < -0.39 is 0 Å². The van der Waals surface area contributed by atoms with Crippen LogP contribution in [0.15, 0.2) is 36.9 Å². The van der Waals surface area contributed by atoms with Crippen molar-refractivity contribution in [2.75, 3.05) is 7.05 Å². The largest absolute Gasteiger partial charge is 0.333 e. The fraction of sp³-hybridized carbons (Fsp3) is 0.467. The fourth-order valence-electron chi connectivity index (χ4n) is 2.25. The molecule has 0 atom stereocenters. The van der Waals surface area contributed by atoms with Crippen LogP contribution in [-0.4, -0.2) is 7.05 Å². The SMILES string of the molecule is C=CC1(c2ccc(C3CC3)cc2)CC1.CN. The quantitative estimate of drug-likeness (QED) is 0.769. The lowest BCUT2D eigenvalue weighted by atomic mass is 9.94. The van der Waals surface area contributed by atoms with Crippen LogP contribution < -0.4 is 5.73 Å². The molecule has 2 saturated carbocycles. The molecule has 1 heteroatoms. The summed E-state index contributed by atoms with van der Waals surface area (Å²) in [4.78, 5) is 0. The molecule has 0 unspecified atom stereocenters. The number of hydrogen-bond donors (Lipinski definition) is 1. The molecule has 2 N–H and O–H groups in total. The van der Waals surface area contributed by atoms with Crippen molar-refractivity contribution in [1.82, 2.24) is 0 Å². The molecule has 2 aliphatic rings. The topological polar surface area (TPSA) is 26.0 Å². The minimum Gasteiger partial charge on any atom is -0.333 e. The maximum absolute atomic E-state index is 4.50. The van der Waals surface area contributed by atoms with E-state index in [9.17, 15) is 0 Å². The molecule has 0 heterocycles. The summed E-state index contributed by atoms with van der Waals surface area (Å²) in [6.07, 6.45) is 7.50. The molecule has 0 spiro atoms. The predicted molar refractivity (Wildman–Crippen MR) is 69.6 cm³/mol. The van der Waals surface area contributed by atoms with E-state index in [1.165, 1.54) is 43.9 Å². The normalized spacial score (nSPS) is 20.6. The van der Waals surface area contributed by atoms with Crippen molar-refractivity contribution in [2.45, 2.75) is 37.0 Å². The molecule has 3 rings (SSSR count). The van der Waals surface area contributed by atoms with E-state index >= 15 is 0 Å². The molecule has 1 aromatic carbocycles. The summed E-state index contributed by atoms with van der Waals surface area (Å²) in [5, 5.41) is 0. The number of rotatable bonds is 3. The number of allylic oxidation sites excluding steroid dienone is 1. The van der Waals surface area contributed by atoms with Crippen LogP contribution in [0.2, 0.25) is 0 Å². The van der Waals surface area contributed by atoms with Gasteiger partial charge in [-0.3, -0.25) is 0 Å². The van der Waals surface area contributed by atoms with E-state index in [0.717, 1.165) is 5.92 Å². The molecule has 0 aromatic heterocycles. The fourth-order valence-corrected chi connectivity index (χ4v) is 2.25. The summed E-state index contributed by atoms with van der Waals surface area (Å²) >= 11 is 0. The van der Waals surface area contributed by atoms with Gasteiger partial charge in [-0.15, -0.1) is 6.58 Å². The van der Waals surface area contributed by atoms with E-state index in [-0.39, 0.29) is 0 Å². The van der Waals surface area contributed by atoms with Crippen molar-refractivity contribution in [2.24, 2.45) is 5.73 Å². The van der Waals surface area contributed by atoms with Gasteiger partial charge in [-0.05, 0) is 49.8 Å². The number of hydrogen-bond acceptors (Lipinski definition) is 1. The van der Waals surface area contributed by atoms with Crippen LogP contribution in [-0.2, 0) is 5.41 Å². The molecule has 2 fully saturated rings. The van der Waals surface area contributed by atoms with Crippen LogP contribution in [0.5, 0.6) is 0 Å². The van der Waals surface area contributed by atoms with Crippen LogP contribution in [0.3, 0.4) is 0 Å². The average Bonchev–Trinajstić information content (AvgIpc) is 3.24. The van der Waals surface area contributed by atoms with Crippen molar-refractivity contribution in [3.8, 4) is 0 Å². The first-order valence-corrected chi connectivity index (χ1v) is 6.16. The lowest BCUT2D eigenvalue weighted by Gasteiger charge is -2.10. The molecule has 0 saturated heterocycles. The molecular formula is C15H21N. The van der Waals surface area contributed by atoms with Gasteiger partial charge in [0.15, 0.2) is 0 Å². The zero-order valence-electron chi connectivity index (χ0n) is 10.1. The summed E-state index contributed by atoms with van der Waals surface area (Å²) in [6.45, 7) is 3.94. The Hall–Kier alpha value is -1.08. The van der Waals surface area contributed by atoms with E-state index in [1.807, 2.05) is 0 Å². The first-order valence-electron chi connectivity index (χ1n) is 6.16. The minimum absolute atomic E-state index is 0.349. The minimum atomic E-state index is 0.349. The smallest absolute Gasteiger partial charge is 0.0130 e. The van der Waals surface area contributed by atoms with Crippen LogP contribution in [0.1, 0.15) is 42.7 Å². The van der Waals surface area contributed by atoms with Crippen LogP contribution in [0, 0.1) is 0 Å². The second-order valence-electron chi connectivity index (χ2n) is 4.76. The van der Waals surface area contributed by atoms with Gasteiger partial charge in [0, 0.05) is 5.41 Å². The zero-order valence-corrected chi connectivity index (χ0v) is 10.1. The molecular weight excluding hydrogens is 194 g/mol. The summed E-state index contributed by atoms with van der Waals surface area (Å²) in [6, 6.07) is 9.25. The predicted octanol–water partition coefficient (Wildman–Crippen LogP) is 3.36. The molecule has 0 amide bonds. The standard InChI is InChI=1S/C14H16.CH5N/c1-2-14(9-10-14)13-7-5-12(6-8-13)11-3-4-11;1-2/h2,5-8,11H,1,3-4,9-10H2;2H2,1H3. The van der Waals surface area contributed by atoms with E-state index in [2.05, 4.69) is 42.7 Å². The second-order valence-corrected chi connectivity index (χ2v) is 4.76. The van der Waals surface area contributed by atoms with Crippen molar-refractivity contribution in [1.29, 1.82) is 0 Å². The second kappa shape index (κ2) is 4.42. The third kappa shape index (κ3) is 2.05. The van der Waals surface area contributed by atoms with Gasteiger partial charge in [0.05, 0.1) is 0 Å². The van der Waals surface area contributed by atoms with E-state index in [4.69, 9.17) is 0 Å². The maximum Gasteiger partial charge on any atom is 0.0130 e. The van der Waals surface area contributed by atoms with E-state index in [0.29, 0.717) is 5.41 Å². The van der Waals surface area contributed by atoms with Gasteiger partial charge in [-0.2, -0.15) is 0 Å². The van der Waals surface area contributed by atoms with Gasteiger partial charge in [0.2, 0.25) is 0 Å². The first kappa shape index (κ1) is 11.4. The van der Waals surface area contributed by atoms with Gasteiger partial charge in [-0.1, -0.05) is 30.3 Å². The Morgan fingerprint density at radius 2 is 1.75 bits per heavy atom. The Bertz CT molecular complexity index is 356. The van der Waals surface area contributed by atoms with Crippen molar-refractivity contribution in [3.05, 3.63) is 48.0 Å². The van der Waals surface area contributed by atoms with Crippen LogP contribution in [0.25, 0.3) is 0 Å². The highest BCUT2D eigenvalue weighted by atomic mass is 14.4. The van der Waals surface area contributed by atoms with Gasteiger partial charge >= 0.3 is 0 Å². The highest BCUT2D eigenvalue weighted by Gasteiger charge is 2.41. The summed E-state index contributed by atoms with van der Waals surface area (Å²) in [5.74, 6) is 0.878. The lowest BCUT2D eigenvalue weighted by molar-refractivity contribution is 0.891. The Kier molecular flexibility index (Phi) is 3.15. The highest BCUT2D eigenvalue weighted by Crippen LogP contribution is 2.49.